The van der Waals surface area contributed by atoms with Crippen LogP contribution in [0.5, 0.6) is 0 Å². The van der Waals surface area contributed by atoms with Crippen molar-refractivity contribution in [3.8, 4) is 11.3 Å². The number of fused-ring (bicyclic) bond motifs is 1. The van der Waals surface area contributed by atoms with Gasteiger partial charge in [-0.1, -0.05) is 36.5 Å². The number of aromatic nitrogens is 1. The Morgan fingerprint density at radius 3 is 2.19 bits per heavy atom. The molecule has 0 unspecified atom stereocenters. The molecule has 2 heterocycles. The third-order valence-corrected chi connectivity index (χ3v) is 4.17. The Labute approximate surface area is 160 Å². The molecule has 6 nitrogen and oxygen atoms in total. The fourth-order valence-corrected chi connectivity index (χ4v) is 3.25. The number of carbonyl (C=O) groups is 2. The Hall–Kier alpha value is -2.31. The molecule has 3 rings (SSSR count). The minimum absolute atomic E-state index is 0.668. The van der Waals surface area contributed by atoms with E-state index in [4.69, 9.17) is 43.0 Å². The molecule has 0 aliphatic carbocycles. The number of aliphatic imine (C=N–C) groups is 1. The van der Waals surface area contributed by atoms with Gasteiger partial charge in [0.05, 0.1) is 18.0 Å². The van der Waals surface area contributed by atoms with E-state index < -0.39 is 11.9 Å². The van der Waals surface area contributed by atoms with Gasteiger partial charge in [-0.05, 0) is 36.8 Å². The molecule has 2 aromatic rings. The molecule has 1 aromatic carbocycles. The standard InChI is InChI=1S/C16H16Cl2N2.C2H2O4/c1-2-3-14-16-5-4-15(20(16)7-6-19-14)11-8-12(17)10-13(18)9-11;3-1(4)2(5)6/h4-5,8-10H,2-3,6-7H2,1H3;(H,3,4)(H,5,6). The number of hydrogen-bond acceptors (Lipinski definition) is 3. The number of rotatable bonds is 3. The van der Waals surface area contributed by atoms with Crippen molar-refractivity contribution in [2.45, 2.75) is 26.3 Å². The topological polar surface area (TPSA) is 91.9 Å². The summed E-state index contributed by atoms with van der Waals surface area (Å²) in [6, 6.07) is 9.96. The van der Waals surface area contributed by atoms with E-state index in [0.29, 0.717) is 10.0 Å². The summed E-state index contributed by atoms with van der Waals surface area (Å²) in [6.45, 7) is 3.94. The van der Waals surface area contributed by atoms with Gasteiger partial charge in [0.2, 0.25) is 0 Å². The number of carboxylic acids is 2. The maximum Gasteiger partial charge on any atom is 0.414 e. The Morgan fingerprint density at radius 1 is 1.08 bits per heavy atom. The summed E-state index contributed by atoms with van der Waals surface area (Å²) in [5, 5.41) is 16.1. The number of nitrogens with zero attached hydrogens (tertiary/aromatic N) is 2. The van der Waals surface area contributed by atoms with Crippen LogP contribution in [0, 0.1) is 0 Å². The van der Waals surface area contributed by atoms with Gasteiger partial charge in [0.25, 0.3) is 0 Å². The lowest BCUT2D eigenvalue weighted by molar-refractivity contribution is -0.159. The van der Waals surface area contributed by atoms with Gasteiger partial charge in [0.15, 0.2) is 0 Å². The SMILES string of the molecule is CCCC1=NCCn2c1ccc2-c1cc(Cl)cc(Cl)c1.O=C(O)C(=O)O. The van der Waals surface area contributed by atoms with Crippen molar-refractivity contribution in [3.63, 3.8) is 0 Å². The van der Waals surface area contributed by atoms with E-state index in [2.05, 4.69) is 28.6 Å². The third kappa shape index (κ3) is 4.86. The summed E-state index contributed by atoms with van der Waals surface area (Å²) < 4.78 is 2.32. The predicted octanol–water partition coefficient (Wildman–Crippen LogP) is 4.22. The number of halogens is 2. The summed E-state index contributed by atoms with van der Waals surface area (Å²) in [5.74, 6) is -3.65. The summed E-state index contributed by atoms with van der Waals surface area (Å²) in [4.78, 5) is 22.8. The molecular formula is C18H18Cl2N2O4. The van der Waals surface area contributed by atoms with Gasteiger partial charge in [-0.3, -0.25) is 4.99 Å². The van der Waals surface area contributed by atoms with Crippen molar-refractivity contribution in [2.24, 2.45) is 4.99 Å². The second-order valence-electron chi connectivity index (χ2n) is 5.60. The van der Waals surface area contributed by atoms with Crippen LogP contribution in [0.2, 0.25) is 10.0 Å². The summed E-state index contributed by atoms with van der Waals surface area (Å²) in [6.07, 6.45) is 2.14. The van der Waals surface area contributed by atoms with Gasteiger partial charge < -0.3 is 14.8 Å². The van der Waals surface area contributed by atoms with Gasteiger partial charge >= 0.3 is 11.9 Å². The highest BCUT2D eigenvalue weighted by Gasteiger charge is 2.17. The molecule has 0 radical (unpaired) electrons. The van der Waals surface area contributed by atoms with E-state index in [1.165, 1.54) is 11.4 Å². The molecular weight excluding hydrogens is 379 g/mol. The number of benzene rings is 1. The van der Waals surface area contributed by atoms with Crippen LogP contribution in [-0.4, -0.2) is 39.0 Å². The van der Waals surface area contributed by atoms with E-state index in [9.17, 15) is 0 Å². The molecule has 0 bridgehead atoms. The first-order valence-electron chi connectivity index (χ1n) is 7.99. The molecule has 8 heteroatoms. The average Bonchev–Trinajstić information content (AvgIpc) is 3.00. The second kappa shape index (κ2) is 8.87. The van der Waals surface area contributed by atoms with E-state index in [1.54, 1.807) is 6.07 Å². The van der Waals surface area contributed by atoms with Gasteiger partial charge in [0, 0.05) is 27.8 Å². The first-order valence-corrected chi connectivity index (χ1v) is 8.75. The average molecular weight is 397 g/mol. The number of hydrogen-bond donors (Lipinski definition) is 2. The van der Waals surface area contributed by atoms with E-state index >= 15 is 0 Å². The maximum absolute atomic E-state index is 9.10. The highest BCUT2D eigenvalue weighted by molar-refractivity contribution is 6.35. The quantitative estimate of drug-likeness (QED) is 0.759. The maximum atomic E-state index is 9.10. The van der Waals surface area contributed by atoms with Crippen molar-refractivity contribution in [3.05, 3.63) is 46.1 Å². The minimum atomic E-state index is -1.82. The summed E-state index contributed by atoms with van der Waals surface area (Å²) >= 11 is 12.2. The van der Waals surface area contributed by atoms with Crippen molar-refractivity contribution in [1.29, 1.82) is 0 Å². The Balaban J connectivity index is 0.000000352. The van der Waals surface area contributed by atoms with Gasteiger partial charge in [-0.2, -0.15) is 0 Å². The Bertz CT molecular complexity index is 827. The molecule has 0 spiro atoms. The molecule has 0 fully saturated rings. The highest BCUT2D eigenvalue weighted by atomic mass is 35.5. The number of carboxylic acid groups (broad SMARTS) is 2. The van der Waals surface area contributed by atoms with Crippen LogP contribution >= 0.6 is 23.2 Å². The minimum Gasteiger partial charge on any atom is -0.473 e. The summed E-state index contributed by atoms with van der Waals surface area (Å²) in [5.41, 5.74) is 4.65. The van der Waals surface area contributed by atoms with Crippen LogP contribution in [0.15, 0.2) is 35.3 Å². The lowest BCUT2D eigenvalue weighted by atomic mass is 10.1. The smallest absolute Gasteiger partial charge is 0.414 e. The van der Waals surface area contributed by atoms with Crippen molar-refractivity contribution in [2.75, 3.05) is 6.54 Å². The normalized spacial score (nSPS) is 12.5. The van der Waals surface area contributed by atoms with E-state index in [0.717, 1.165) is 37.2 Å². The van der Waals surface area contributed by atoms with Crippen LogP contribution in [0.4, 0.5) is 0 Å². The van der Waals surface area contributed by atoms with Crippen LogP contribution in [0.3, 0.4) is 0 Å². The molecule has 138 valence electrons. The fourth-order valence-electron chi connectivity index (χ4n) is 2.72. The monoisotopic (exact) mass is 396 g/mol. The molecule has 2 N–H and O–H groups in total. The Kier molecular flexibility index (Phi) is 6.83. The zero-order valence-corrected chi connectivity index (χ0v) is 15.6. The lowest BCUT2D eigenvalue weighted by Crippen LogP contribution is -2.18. The molecule has 26 heavy (non-hydrogen) atoms. The zero-order valence-electron chi connectivity index (χ0n) is 14.1. The third-order valence-electron chi connectivity index (χ3n) is 3.73. The van der Waals surface area contributed by atoms with Crippen LogP contribution in [0.25, 0.3) is 11.3 Å². The molecule has 0 saturated carbocycles. The lowest BCUT2D eigenvalue weighted by Gasteiger charge is -2.19. The van der Waals surface area contributed by atoms with Gasteiger partial charge in [-0.25, -0.2) is 9.59 Å². The molecule has 0 saturated heterocycles. The molecule has 0 atom stereocenters. The summed E-state index contributed by atoms with van der Waals surface area (Å²) in [7, 11) is 0. The first kappa shape index (κ1) is 20.0. The van der Waals surface area contributed by atoms with Crippen LogP contribution in [0.1, 0.15) is 25.5 Å². The zero-order chi connectivity index (χ0) is 19.3. The molecule has 0 amide bonds. The Morgan fingerprint density at radius 2 is 1.65 bits per heavy atom. The molecule has 1 aliphatic rings. The highest BCUT2D eigenvalue weighted by Crippen LogP contribution is 2.30. The van der Waals surface area contributed by atoms with Gasteiger partial charge in [-0.15, -0.1) is 0 Å². The van der Waals surface area contributed by atoms with Crippen LogP contribution < -0.4 is 0 Å². The van der Waals surface area contributed by atoms with Crippen molar-refractivity contribution < 1.29 is 19.8 Å². The fraction of sp³-hybridized carbons (Fsp3) is 0.278. The van der Waals surface area contributed by atoms with Gasteiger partial charge in [0.1, 0.15) is 0 Å². The number of aliphatic carboxylic acids is 2. The largest absolute Gasteiger partial charge is 0.473 e. The van der Waals surface area contributed by atoms with Crippen molar-refractivity contribution >= 4 is 40.9 Å². The molecule has 1 aromatic heterocycles. The van der Waals surface area contributed by atoms with Crippen LogP contribution in [-0.2, 0) is 16.1 Å². The van der Waals surface area contributed by atoms with Crippen molar-refractivity contribution in [1.82, 2.24) is 4.57 Å². The predicted molar refractivity (Wildman–Crippen MR) is 101 cm³/mol. The first-order chi connectivity index (χ1) is 12.3. The van der Waals surface area contributed by atoms with E-state index in [-0.39, 0.29) is 0 Å². The molecule has 1 aliphatic heterocycles. The van der Waals surface area contributed by atoms with E-state index in [1.807, 2.05) is 12.1 Å². The second-order valence-corrected chi connectivity index (χ2v) is 6.48.